The van der Waals surface area contributed by atoms with Gasteiger partial charge in [-0.2, -0.15) is 0 Å². The highest BCUT2D eigenvalue weighted by Gasteiger charge is 2.10. The molecule has 0 aliphatic heterocycles. The number of thioether (sulfide) groups is 1. The van der Waals surface area contributed by atoms with E-state index in [1.54, 1.807) is 0 Å². The van der Waals surface area contributed by atoms with Gasteiger partial charge >= 0.3 is 0 Å². The maximum absolute atomic E-state index is 13.0. The van der Waals surface area contributed by atoms with Crippen LogP contribution in [0.3, 0.4) is 0 Å². The quantitative estimate of drug-likeness (QED) is 0.619. The van der Waals surface area contributed by atoms with Gasteiger partial charge in [0, 0.05) is 6.07 Å². The minimum absolute atomic E-state index is 0.145. The highest BCUT2D eigenvalue weighted by atomic mass is 35.5. The van der Waals surface area contributed by atoms with Gasteiger partial charge in [-0.25, -0.2) is 9.37 Å². The van der Waals surface area contributed by atoms with Crippen LogP contribution in [0.4, 0.5) is 10.1 Å². The molecule has 2 N–H and O–H groups in total. The fraction of sp³-hybridized carbons (Fsp3) is 0.176. The molecule has 1 heterocycles. The molecule has 0 saturated heterocycles. The van der Waals surface area contributed by atoms with Gasteiger partial charge in [0.25, 0.3) is 0 Å². The minimum Gasteiger partial charge on any atom is -0.494 e. The van der Waals surface area contributed by atoms with Crippen molar-refractivity contribution in [3.63, 3.8) is 0 Å². The smallest absolute Gasteiger partial charge is 0.234 e. The van der Waals surface area contributed by atoms with Gasteiger partial charge in [0.15, 0.2) is 5.16 Å². The number of carbonyl (C=O) groups excluding carboxylic acids is 1. The van der Waals surface area contributed by atoms with Crippen molar-refractivity contribution < 1.29 is 13.9 Å². The van der Waals surface area contributed by atoms with E-state index in [9.17, 15) is 9.18 Å². The second-order valence-corrected chi connectivity index (χ2v) is 6.49. The summed E-state index contributed by atoms with van der Waals surface area (Å²) in [5, 5.41) is 3.43. The minimum atomic E-state index is -0.453. The van der Waals surface area contributed by atoms with E-state index in [4.69, 9.17) is 16.3 Å². The molecule has 0 aliphatic rings. The number of imidazole rings is 1. The number of carbonyl (C=O) groups is 1. The fourth-order valence-electron chi connectivity index (χ4n) is 2.20. The SMILES string of the molecule is CCOc1ccc2nc(SCC(=O)Nc3ccc(F)cc3Cl)[nH]c2c1. The first-order valence-corrected chi connectivity index (χ1v) is 8.92. The highest BCUT2D eigenvalue weighted by molar-refractivity contribution is 7.99. The van der Waals surface area contributed by atoms with Gasteiger partial charge in [-0.05, 0) is 37.3 Å². The topological polar surface area (TPSA) is 67.0 Å². The number of hydrogen-bond donors (Lipinski definition) is 2. The van der Waals surface area contributed by atoms with E-state index in [0.29, 0.717) is 17.5 Å². The number of hydrogen-bond acceptors (Lipinski definition) is 4. The largest absolute Gasteiger partial charge is 0.494 e. The summed E-state index contributed by atoms with van der Waals surface area (Å²) in [6, 6.07) is 9.40. The molecule has 0 saturated carbocycles. The first-order chi connectivity index (χ1) is 12.0. The Hall–Kier alpha value is -2.25. The summed E-state index contributed by atoms with van der Waals surface area (Å²) in [6.45, 7) is 2.51. The predicted molar refractivity (Wildman–Crippen MR) is 98.0 cm³/mol. The Morgan fingerprint density at radius 1 is 1.36 bits per heavy atom. The lowest BCUT2D eigenvalue weighted by Gasteiger charge is -2.06. The molecule has 130 valence electrons. The molecule has 5 nitrogen and oxygen atoms in total. The third-order valence-corrected chi connectivity index (χ3v) is 4.47. The van der Waals surface area contributed by atoms with Crippen LogP contribution in [-0.2, 0) is 4.79 Å². The molecule has 25 heavy (non-hydrogen) atoms. The lowest BCUT2D eigenvalue weighted by atomic mass is 10.3. The second kappa shape index (κ2) is 7.76. The Morgan fingerprint density at radius 3 is 2.96 bits per heavy atom. The molecule has 0 radical (unpaired) electrons. The number of fused-ring (bicyclic) bond motifs is 1. The van der Waals surface area contributed by atoms with Gasteiger partial charge in [0.2, 0.25) is 5.91 Å². The van der Waals surface area contributed by atoms with Crippen molar-refractivity contribution in [2.75, 3.05) is 17.7 Å². The van der Waals surface area contributed by atoms with Crippen LogP contribution in [0.15, 0.2) is 41.6 Å². The number of rotatable bonds is 6. The van der Waals surface area contributed by atoms with Gasteiger partial charge in [-0.1, -0.05) is 23.4 Å². The molecule has 3 aromatic rings. The third kappa shape index (κ3) is 4.43. The van der Waals surface area contributed by atoms with Crippen molar-refractivity contribution in [3.05, 3.63) is 47.2 Å². The van der Waals surface area contributed by atoms with Crippen molar-refractivity contribution in [2.45, 2.75) is 12.1 Å². The number of nitrogens with zero attached hydrogens (tertiary/aromatic N) is 1. The van der Waals surface area contributed by atoms with E-state index in [2.05, 4.69) is 15.3 Å². The van der Waals surface area contributed by atoms with E-state index < -0.39 is 5.82 Å². The van der Waals surface area contributed by atoms with E-state index in [1.807, 2.05) is 25.1 Å². The predicted octanol–water partition coefficient (Wildman–Crippen LogP) is 4.48. The maximum atomic E-state index is 13.0. The molecule has 3 rings (SSSR count). The van der Waals surface area contributed by atoms with Crippen molar-refractivity contribution in [3.8, 4) is 5.75 Å². The second-order valence-electron chi connectivity index (χ2n) is 5.11. The van der Waals surface area contributed by atoms with Crippen molar-refractivity contribution >= 4 is 46.0 Å². The summed E-state index contributed by atoms with van der Waals surface area (Å²) in [7, 11) is 0. The van der Waals surface area contributed by atoms with Crippen LogP contribution in [0.2, 0.25) is 5.02 Å². The molecule has 1 amide bonds. The first kappa shape index (κ1) is 17.6. The fourth-order valence-corrected chi connectivity index (χ4v) is 3.10. The lowest BCUT2D eigenvalue weighted by Crippen LogP contribution is -2.14. The summed E-state index contributed by atoms with van der Waals surface area (Å²) in [5.74, 6) is 0.199. The van der Waals surface area contributed by atoms with Crippen LogP contribution in [0.1, 0.15) is 6.92 Å². The van der Waals surface area contributed by atoms with E-state index in [-0.39, 0.29) is 16.7 Å². The summed E-state index contributed by atoms with van der Waals surface area (Å²) in [4.78, 5) is 19.6. The standard InChI is InChI=1S/C17H15ClFN3O2S/c1-2-24-11-4-6-14-15(8-11)22-17(21-14)25-9-16(23)20-13-5-3-10(19)7-12(13)18/h3-8H,2,9H2,1H3,(H,20,23)(H,21,22). The number of aromatic nitrogens is 2. The van der Waals surface area contributed by atoms with Crippen LogP contribution in [0, 0.1) is 5.82 Å². The molecule has 0 unspecified atom stereocenters. The Morgan fingerprint density at radius 2 is 2.20 bits per heavy atom. The van der Waals surface area contributed by atoms with Crippen LogP contribution >= 0.6 is 23.4 Å². The molecule has 0 atom stereocenters. The van der Waals surface area contributed by atoms with Crippen LogP contribution in [-0.4, -0.2) is 28.2 Å². The third-order valence-electron chi connectivity index (χ3n) is 3.29. The Kier molecular flexibility index (Phi) is 5.45. The zero-order chi connectivity index (χ0) is 17.8. The van der Waals surface area contributed by atoms with Crippen LogP contribution < -0.4 is 10.1 Å². The average molecular weight is 380 g/mol. The van der Waals surface area contributed by atoms with Gasteiger partial charge in [-0.15, -0.1) is 0 Å². The number of ether oxygens (including phenoxy) is 1. The zero-order valence-corrected chi connectivity index (χ0v) is 14.9. The molecule has 0 aliphatic carbocycles. The first-order valence-electron chi connectivity index (χ1n) is 7.55. The summed E-state index contributed by atoms with van der Waals surface area (Å²) in [6.07, 6.45) is 0. The van der Waals surface area contributed by atoms with Crippen molar-refractivity contribution in [1.29, 1.82) is 0 Å². The highest BCUT2D eigenvalue weighted by Crippen LogP contribution is 2.25. The van der Waals surface area contributed by atoms with Gasteiger partial charge in [-0.3, -0.25) is 4.79 Å². The number of halogens is 2. The zero-order valence-electron chi connectivity index (χ0n) is 13.3. The average Bonchev–Trinajstić information content (AvgIpc) is 2.98. The molecule has 0 spiro atoms. The normalized spacial score (nSPS) is 10.8. The number of anilines is 1. The number of benzene rings is 2. The molecule has 1 aromatic heterocycles. The number of H-pyrrole nitrogens is 1. The Balaban J connectivity index is 1.62. The molecule has 0 fully saturated rings. The van der Waals surface area contributed by atoms with Gasteiger partial charge < -0.3 is 15.0 Å². The number of aromatic amines is 1. The number of amides is 1. The molecule has 8 heteroatoms. The molecule has 2 aromatic carbocycles. The monoisotopic (exact) mass is 379 g/mol. The number of nitrogens with one attached hydrogen (secondary N) is 2. The van der Waals surface area contributed by atoms with Crippen LogP contribution in [0.5, 0.6) is 5.75 Å². The van der Waals surface area contributed by atoms with Crippen molar-refractivity contribution in [1.82, 2.24) is 9.97 Å². The van der Waals surface area contributed by atoms with Gasteiger partial charge in [0.1, 0.15) is 11.6 Å². The van der Waals surface area contributed by atoms with E-state index >= 15 is 0 Å². The Bertz CT molecular complexity index is 916. The van der Waals surface area contributed by atoms with Crippen LogP contribution in [0.25, 0.3) is 11.0 Å². The maximum Gasteiger partial charge on any atom is 0.234 e. The molecule has 0 bridgehead atoms. The molecular weight excluding hydrogens is 365 g/mol. The summed E-state index contributed by atoms with van der Waals surface area (Å²) in [5.41, 5.74) is 2.02. The Labute approximate surface area is 152 Å². The van der Waals surface area contributed by atoms with E-state index in [1.165, 1.54) is 23.9 Å². The summed E-state index contributed by atoms with van der Waals surface area (Å²) < 4.78 is 18.5. The molecular formula is C17H15ClFN3O2S. The lowest BCUT2D eigenvalue weighted by molar-refractivity contribution is -0.113. The van der Waals surface area contributed by atoms with Crippen molar-refractivity contribution in [2.24, 2.45) is 0 Å². The van der Waals surface area contributed by atoms with E-state index in [0.717, 1.165) is 22.8 Å². The van der Waals surface area contributed by atoms with Gasteiger partial charge in [0.05, 0.1) is 34.1 Å². The summed E-state index contributed by atoms with van der Waals surface area (Å²) >= 11 is 7.16.